The third kappa shape index (κ3) is 3.58. The normalized spacial score (nSPS) is 23.6. The fraction of sp³-hybridized carbons (Fsp3) is 1.00. The predicted molar refractivity (Wildman–Crippen MR) is 60.5 cm³/mol. The van der Waals surface area contributed by atoms with Crippen molar-refractivity contribution >= 4 is 0 Å². The van der Waals surface area contributed by atoms with Gasteiger partial charge in [0.25, 0.3) is 0 Å². The lowest BCUT2D eigenvalue weighted by Gasteiger charge is -2.18. The topological polar surface area (TPSA) is 15.3 Å². The third-order valence-corrected chi connectivity index (χ3v) is 3.55. The van der Waals surface area contributed by atoms with Gasteiger partial charge in [0.2, 0.25) is 0 Å². The zero-order valence-electron chi connectivity index (χ0n) is 9.47. The number of hydrogen-bond acceptors (Lipinski definition) is 2. The number of rotatable bonds is 6. The largest absolute Gasteiger partial charge is 0.313 e. The van der Waals surface area contributed by atoms with E-state index in [0.29, 0.717) is 0 Å². The van der Waals surface area contributed by atoms with E-state index in [9.17, 15) is 0 Å². The zero-order valence-corrected chi connectivity index (χ0v) is 9.47. The van der Waals surface area contributed by atoms with Crippen molar-refractivity contribution in [3.63, 3.8) is 0 Å². The van der Waals surface area contributed by atoms with E-state index in [4.69, 9.17) is 0 Å². The number of hydrogen-bond donors (Lipinski definition) is 1. The molecule has 0 unspecified atom stereocenters. The van der Waals surface area contributed by atoms with Gasteiger partial charge in [-0.3, -0.25) is 0 Å². The molecule has 2 nitrogen and oxygen atoms in total. The number of likely N-dealkylation sites (N-methyl/N-ethyl adjacent to an activating group) is 1. The van der Waals surface area contributed by atoms with Crippen LogP contribution in [0.15, 0.2) is 0 Å². The third-order valence-electron chi connectivity index (χ3n) is 3.55. The summed E-state index contributed by atoms with van der Waals surface area (Å²) in [6, 6.07) is 0.837. The van der Waals surface area contributed by atoms with E-state index in [-0.39, 0.29) is 0 Å². The van der Waals surface area contributed by atoms with E-state index in [1.807, 2.05) is 0 Å². The molecule has 0 amide bonds. The summed E-state index contributed by atoms with van der Waals surface area (Å²) in [6.07, 6.45) is 8.64. The van der Waals surface area contributed by atoms with Crippen LogP contribution in [0, 0.1) is 5.92 Å². The first-order valence-electron chi connectivity index (χ1n) is 6.26. The van der Waals surface area contributed by atoms with E-state index in [0.717, 1.165) is 12.0 Å². The minimum Gasteiger partial charge on any atom is -0.313 e. The van der Waals surface area contributed by atoms with Gasteiger partial charge in [-0.2, -0.15) is 0 Å². The van der Waals surface area contributed by atoms with Crippen LogP contribution in [0.2, 0.25) is 0 Å². The Morgan fingerprint density at radius 3 is 2.50 bits per heavy atom. The summed E-state index contributed by atoms with van der Waals surface area (Å²) in [5.41, 5.74) is 0. The molecule has 0 aliphatic heterocycles. The molecule has 0 bridgehead atoms. The molecule has 2 aliphatic rings. The van der Waals surface area contributed by atoms with Gasteiger partial charge >= 0.3 is 0 Å². The first-order chi connectivity index (χ1) is 6.84. The monoisotopic (exact) mass is 196 g/mol. The highest BCUT2D eigenvalue weighted by molar-refractivity contribution is 4.77. The molecule has 2 fully saturated rings. The van der Waals surface area contributed by atoms with E-state index >= 15 is 0 Å². The van der Waals surface area contributed by atoms with Crippen molar-refractivity contribution in [2.24, 2.45) is 5.92 Å². The first-order valence-corrected chi connectivity index (χ1v) is 6.26. The van der Waals surface area contributed by atoms with Crippen molar-refractivity contribution in [1.82, 2.24) is 10.2 Å². The maximum absolute atomic E-state index is 3.66. The maximum atomic E-state index is 3.66. The molecule has 0 aromatic carbocycles. The number of nitrogens with zero attached hydrogens (tertiary/aromatic N) is 1. The summed E-state index contributed by atoms with van der Waals surface area (Å²) in [7, 11) is 2.26. The van der Waals surface area contributed by atoms with Gasteiger partial charge < -0.3 is 10.2 Å². The second-order valence-corrected chi connectivity index (χ2v) is 5.14. The molecule has 0 aromatic heterocycles. The van der Waals surface area contributed by atoms with Gasteiger partial charge in [-0.1, -0.05) is 12.8 Å². The van der Waals surface area contributed by atoms with E-state index in [1.54, 1.807) is 0 Å². The van der Waals surface area contributed by atoms with Crippen molar-refractivity contribution < 1.29 is 0 Å². The van der Waals surface area contributed by atoms with Crippen molar-refractivity contribution in [1.29, 1.82) is 0 Å². The van der Waals surface area contributed by atoms with Crippen LogP contribution in [0.4, 0.5) is 0 Å². The van der Waals surface area contributed by atoms with E-state index in [1.165, 1.54) is 58.2 Å². The highest BCUT2D eigenvalue weighted by Gasteiger charge is 2.22. The Labute approximate surface area is 88.1 Å². The van der Waals surface area contributed by atoms with Crippen LogP contribution in [-0.4, -0.2) is 37.6 Å². The van der Waals surface area contributed by atoms with Crippen LogP contribution in [-0.2, 0) is 0 Å². The molecule has 2 saturated carbocycles. The van der Waals surface area contributed by atoms with Crippen LogP contribution < -0.4 is 5.32 Å². The smallest absolute Gasteiger partial charge is 0.0104 e. The van der Waals surface area contributed by atoms with Gasteiger partial charge in [-0.05, 0) is 38.6 Å². The van der Waals surface area contributed by atoms with Crippen molar-refractivity contribution in [2.45, 2.75) is 44.6 Å². The molecule has 2 rings (SSSR count). The van der Waals surface area contributed by atoms with Gasteiger partial charge in [0.15, 0.2) is 0 Å². The molecule has 2 aliphatic carbocycles. The molecule has 0 aromatic rings. The molecule has 0 radical (unpaired) electrons. The van der Waals surface area contributed by atoms with Gasteiger partial charge in [0.05, 0.1) is 0 Å². The lowest BCUT2D eigenvalue weighted by Crippen LogP contribution is -2.35. The minimum atomic E-state index is 0.837. The van der Waals surface area contributed by atoms with Gasteiger partial charge in [-0.15, -0.1) is 0 Å². The fourth-order valence-electron chi connectivity index (χ4n) is 2.42. The highest BCUT2D eigenvalue weighted by atomic mass is 15.1. The number of nitrogens with one attached hydrogen (secondary N) is 1. The Bertz CT molecular complexity index is 160. The second kappa shape index (κ2) is 5.13. The molecule has 0 heterocycles. The quantitative estimate of drug-likeness (QED) is 0.697. The van der Waals surface area contributed by atoms with Crippen LogP contribution in [0.3, 0.4) is 0 Å². The van der Waals surface area contributed by atoms with Gasteiger partial charge in [0.1, 0.15) is 0 Å². The van der Waals surface area contributed by atoms with Gasteiger partial charge in [0, 0.05) is 25.7 Å². The van der Waals surface area contributed by atoms with Crippen LogP contribution in [0.5, 0.6) is 0 Å². The summed E-state index contributed by atoms with van der Waals surface area (Å²) >= 11 is 0. The predicted octanol–water partition coefficient (Wildman–Crippen LogP) is 1.86. The van der Waals surface area contributed by atoms with Crippen molar-refractivity contribution in [2.75, 3.05) is 26.7 Å². The molecule has 0 saturated heterocycles. The molecule has 2 heteroatoms. The zero-order chi connectivity index (χ0) is 9.80. The molecule has 1 N–H and O–H groups in total. The molecular formula is C12H24N2. The molecule has 0 spiro atoms. The Hall–Kier alpha value is -0.0800. The lowest BCUT2D eigenvalue weighted by molar-refractivity contribution is 0.311. The highest BCUT2D eigenvalue weighted by Crippen LogP contribution is 2.29. The van der Waals surface area contributed by atoms with Crippen LogP contribution in [0.25, 0.3) is 0 Å². The standard InChI is InChI=1S/C12H24N2/c1-14(10-11-6-7-11)9-8-13-12-4-2-3-5-12/h11-13H,2-10H2,1H3. The molecule has 14 heavy (non-hydrogen) atoms. The summed E-state index contributed by atoms with van der Waals surface area (Å²) in [5, 5.41) is 3.66. The fourth-order valence-corrected chi connectivity index (χ4v) is 2.42. The Morgan fingerprint density at radius 1 is 1.14 bits per heavy atom. The second-order valence-electron chi connectivity index (χ2n) is 5.14. The Morgan fingerprint density at radius 2 is 1.86 bits per heavy atom. The summed E-state index contributed by atoms with van der Waals surface area (Å²) in [4.78, 5) is 2.49. The molecule has 0 atom stereocenters. The SMILES string of the molecule is CN(CCNC1CCCC1)CC1CC1. The molecule has 82 valence electrons. The lowest BCUT2D eigenvalue weighted by atomic mass is 10.2. The average molecular weight is 196 g/mol. The first kappa shape index (κ1) is 10.4. The summed E-state index contributed by atoms with van der Waals surface area (Å²) in [6.45, 7) is 3.74. The Kier molecular flexibility index (Phi) is 3.82. The van der Waals surface area contributed by atoms with E-state index in [2.05, 4.69) is 17.3 Å². The van der Waals surface area contributed by atoms with E-state index < -0.39 is 0 Å². The Balaban J connectivity index is 1.48. The van der Waals surface area contributed by atoms with Crippen LogP contribution >= 0.6 is 0 Å². The van der Waals surface area contributed by atoms with Crippen LogP contribution in [0.1, 0.15) is 38.5 Å². The minimum absolute atomic E-state index is 0.837. The summed E-state index contributed by atoms with van der Waals surface area (Å²) < 4.78 is 0. The maximum Gasteiger partial charge on any atom is 0.0104 e. The van der Waals surface area contributed by atoms with Gasteiger partial charge in [-0.25, -0.2) is 0 Å². The average Bonchev–Trinajstić information content (AvgIpc) is 2.82. The van der Waals surface area contributed by atoms with Crippen molar-refractivity contribution in [3.8, 4) is 0 Å². The van der Waals surface area contributed by atoms with Crippen molar-refractivity contribution in [3.05, 3.63) is 0 Å². The summed E-state index contributed by atoms with van der Waals surface area (Å²) in [5.74, 6) is 1.03. The molecular weight excluding hydrogens is 172 g/mol.